The molecule has 0 aliphatic carbocycles. The summed E-state index contributed by atoms with van der Waals surface area (Å²) in [6, 6.07) is 5.34. The molecule has 0 bridgehead atoms. The third-order valence-corrected chi connectivity index (χ3v) is 3.20. The van der Waals surface area contributed by atoms with Crippen molar-refractivity contribution in [3.05, 3.63) is 35.5 Å². The van der Waals surface area contributed by atoms with Gasteiger partial charge < -0.3 is 10.8 Å². The molecule has 0 spiro atoms. The second kappa shape index (κ2) is 3.94. The number of thiophene rings is 1. The molecule has 0 aromatic carbocycles. The van der Waals surface area contributed by atoms with Gasteiger partial charge in [-0.2, -0.15) is 0 Å². The van der Waals surface area contributed by atoms with Crippen LogP contribution in [0.2, 0.25) is 0 Å². The van der Waals surface area contributed by atoms with Crippen LogP contribution >= 0.6 is 11.3 Å². The number of aromatic nitrogens is 1. The highest BCUT2D eigenvalue weighted by Crippen LogP contribution is 2.33. The number of aryl methyl sites for hydroxylation is 1. The molecule has 82 valence electrons. The predicted molar refractivity (Wildman–Crippen MR) is 63.7 cm³/mol. The lowest BCUT2D eigenvalue weighted by molar-refractivity contribution is 0.0698. The second-order valence-electron chi connectivity index (χ2n) is 3.36. The maximum Gasteiger partial charge on any atom is 0.338 e. The lowest BCUT2D eigenvalue weighted by Crippen LogP contribution is -1.97. The van der Waals surface area contributed by atoms with Crippen molar-refractivity contribution < 1.29 is 9.90 Å². The maximum atomic E-state index is 10.9. The van der Waals surface area contributed by atoms with Gasteiger partial charge in [-0.1, -0.05) is 6.07 Å². The highest BCUT2D eigenvalue weighted by atomic mass is 32.1. The molecule has 0 saturated heterocycles. The summed E-state index contributed by atoms with van der Waals surface area (Å²) < 4.78 is 0. The molecule has 0 unspecified atom stereocenters. The molecule has 3 N–H and O–H groups in total. The van der Waals surface area contributed by atoms with Crippen molar-refractivity contribution >= 4 is 22.3 Å². The fourth-order valence-electron chi connectivity index (χ4n) is 1.43. The number of anilines is 1. The minimum Gasteiger partial charge on any atom is -0.478 e. The van der Waals surface area contributed by atoms with Crippen molar-refractivity contribution in [1.29, 1.82) is 0 Å². The van der Waals surface area contributed by atoms with Gasteiger partial charge in [0.15, 0.2) is 0 Å². The minimum absolute atomic E-state index is 0.144. The number of carboxylic acid groups (broad SMARTS) is 1. The summed E-state index contributed by atoms with van der Waals surface area (Å²) >= 11 is 1.24. The van der Waals surface area contributed by atoms with Gasteiger partial charge in [-0.3, -0.25) is 4.98 Å². The largest absolute Gasteiger partial charge is 0.478 e. The fraction of sp³-hybridized carbons (Fsp3) is 0.0909. The number of aromatic carboxylic acids is 1. The number of nitrogens with zero attached hydrogens (tertiary/aromatic N) is 1. The quantitative estimate of drug-likeness (QED) is 0.836. The van der Waals surface area contributed by atoms with Gasteiger partial charge in [-0.25, -0.2) is 4.79 Å². The summed E-state index contributed by atoms with van der Waals surface area (Å²) in [6.07, 6.45) is 1.68. The zero-order valence-electron chi connectivity index (χ0n) is 8.60. The Morgan fingerprint density at radius 3 is 2.88 bits per heavy atom. The van der Waals surface area contributed by atoms with Crippen molar-refractivity contribution in [3.8, 4) is 10.6 Å². The normalized spacial score (nSPS) is 10.3. The van der Waals surface area contributed by atoms with Crippen LogP contribution in [0.25, 0.3) is 10.6 Å². The first-order valence-corrected chi connectivity index (χ1v) is 5.46. The summed E-state index contributed by atoms with van der Waals surface area (Å²) in [5.74, 6) is -1.01. The van der Waals surface area contributed by atoms with Crippen LogP contribution in [0.1, 0.15) is 15.9 Å². The number of nitrogens with two attached hydrogens (primary N) is 1. The number of carbonyl (C=O) groups is 1. The molecule has 16 heavy (non-hydrogen) atoms. The van der Waals surface area contributed by atoms with Gasteiger partial charge in [-0.15, -0.1) is 11.3 Å². The highest BCUT2D eigenvalue weighted by molar-refractivity contribution is 7.19. The first kappa shape index (κ1) is 10.6. The Kier molecular flexibility index (Phi) is 2.62. The Morgan fingerprint density at radius 2 is 2.31 bits per heavy atom. The second-order valence-corrected chi connectivity index (χ2v) is 4.45. The van der Waals surface area contributed by atoms with Gasteiger partial charge in [0.1, 0.15) is 5.00 Å². The van der Waals surface area contributed by atoms with E-state index in [4.69, 9.17) is 10.8 Å². The van der Waals surface area contributed by atoms with Gasteiger partial charge in [0.2, 0.25) is 0 Å². The maximum absolute atomic E-state index is 10.9. The molecule has 0 aliphatic rings. The van der Waals surface area contributed by atoms with Crippen LogP contribution in [0.4, 0.5) is 5.00 Å². The van der Waals surface area contributed by atoms with Crippen LogP contribution in [-0.4, -0.2) is 16.1 Å². The van der Waals surface area contributed by atoms with E-state index in [1.54, 1.807) is 12.3 Å². The standard InChI is InChI=1S/C11H10N2O2S/c1-6-3-2-4-13-9(6)8-5-7(11(14)15)10(12)16-8/h2-5H,12H2,1H3,(H,14,15). The summed E-state index contributed by atoms with van der Waals surface area (Å²) in [6.45, 7) is 1.93. The molecule has 4 nitrogen and oxygen atoms in total. The van der Waals surface area contributed by atoms with Crippen molar-refractivity contribution in [2.24, 2.45) is 0 Å². The Balaban J connectivity index is 2.54. The average molecular weight is 234 g/mol. The zero-order chi connectivity index (χ0) is 11.7. The molecule has 0 fully saturated rings. The average Bonchev–Trinajstić information content (AvgIpc) is 2.61. The third kappa shape index (κ3) is 1.77. The molecule has 2 rings (SSSR count). The van der Waals surface area contributed by atoms with Gasteiger partial charge in [0.25, 0.3) is 0 Å². The summed E-state index contributed by atoms with van der Waals surface area (Å²) in [4.78, 5) is 15.9. The molecule has 0 amide bonds. The van der Waals surface area contributed by atoms with E-state index in [-0.39, 0.29) is 5.56 Å². The number of nitrogen functional groups attached to an aromatic ring is 1. The number of pyridine rings is 1. The van der Waals surface area contributed by atoms with Crippen LogP contribution in [0.15, 0.2) is 24.4 Å². The van der Waals surface area contributed by atoms with Gasteiger partial charge >= 0.3 is 5.97 Å². The monoisotopic (exact) mass is 234 g/mol. The van der Waals surface area contributed by atoms with Crippen LogP contribution in [-0.2, 0) is 0 Å². The van der Waals surface area contributed by atoms with Crippen molar-refractivity contribution in [2.45, 2.75) is 6.92 Å². The molecular weight excluding hydrogens is 224 g/mol. The molecule has 2 aromatic heterocycles. The van der Waals surface area contributed by atoms with Crippen LogP contribution in [0, 0.1) is 6.92 Å². The number of rotatable bonds is 2. The van der Waals surface area contributed by atoms with Crippen LogP contribution in [0.5, 0.6) is 0 Å². The van der Waals surface area contributed by atoms with E-state index in [1.807, 2.05) is 19.1 Å². The Morgan fingerprint density at radius 1 is 1.56 bits per heavy atom. The smallest absolute Gasteiger partial charge is 0.338 e. The van der Waals surface area contributed by atoms with E-state index >= 15 is 0 Å². The summed E-state index contributed by atoms with van der Waals surface area (Å²) in [5.41, 5.74) is 7.57. The predicted octanol–water partition coefficient (Wildman–Crippen LogP) is 2.40. The van der Waals surface area contributed by atoms with E-state index < -0.39 is 5.97 Å². The third-order valence-electron chi connectivity index (χ3n) is 2.23. The van der Waals surface area contributed by atoms with E-state index in [2.05, 4.69) is 4.98 Å². The molecule has 0 saturated carbocycles. The lowest BCUT2D eigenvalue weighted by Gasteiger charge is -1.99. The van der Waals surface area contributed by atoms with Gasteiger partial charge in [0, 0.05) is 6.20 Å². The molecule has 2 heterocycles. The topological polar surface area (TPSA) is 76.2 Å². The molecule has 0 aliphatic heterocycles. The van der Waals surface area contributed by atoms with E-state index in [0.717, 1.165) is 16.1 Å². The molecule has 5 heteroatoms. The van der Waals surface area contributed by atoms with Crippen molar-refractivity contribution in [2.75, 3.05) is 5.73 Å². The summed E-state index contributed by atoms with van der Waals surface area (Å²) in [5, 5.41) is 9.21. The van der Waals surface area contributed by atoms with E-state index in [9.17, 15) is 4.79 Å². The Labute approximate surface area is 96.4 Å². The minimum atomic E-state index is -1.01. The SMILES string of the molecule is Cc1cccnc1-c1cc(C(=O)O)c(N)s1. The molecule has 0 atom stereocenters. The molecule has 2 aromatic rings. The Bertz CT molecular complexity index is 549. The molecular formula is C11H10N2O2S. The fourth-order valence-corrected chi connectivity index (χ4v) is 2.41. The zero-order valence-corrected chi connectivity index (χ0v) is 9.41. The number of hydrogen-bond acceptors (Lipinski definition) is 4. The van der Waals surface area contributed by atoms with E-state index in [0.29, 0.717) is 5.00 Å². The van der Waals surface area contributed by atoms with E-state index in [1.165, 1.54) is 11.3 Å². The first-order chi connectivity index (χ1) is 7.59. The van der Waals surface area contributed by atoms with Crippen molar-refractivity contribution in [1.82, 2.24) is 4.98 Å². The van der Waals surface area contributed by atoms with Crippen LogP contribution in [0.3, 0.4) is 0 Å². The van der Waals surface area contributed by atoms with Gasteiger partial charge in [-0.05, 0) is 24.6 Å². The summed E-state index contributed by atoms with van der Waals surface area (Å²) in [7, 11) is 0. The van der Waals surface area contributed by atoms with Crippen LogP contribution < -0.4 is 5.73 Å². The van der Waals surface area contributed by atoms with Gasteiger partial charge in [0.05, 0.1) is 16.1 Å². The molecule has 0 radical (unpaired) electrons. The van der Waals surface area contributed by atoms with Crippen molar-refractivity contribution in [3.63, 3.8) is 0 Å². The number of carboxylic acids is 1. The number of hydrogen-bond donors (Lipinski definition) is 2. The first-order valence-electron chi connectivity index (χ1n) is 4.64. The lowest BCUT2D eigenvalue weighted by atomic mass is 10.2. The Hall–Kier alpha value is -1.88. The highest BCUT2D eigenvalue weighted by Gasteiger charge is 2.15.